The number of benzene rings is 1. The molecular formula is C16H21ClN2O3S. The topological polar surface area (TPSA) is 57.7 Å². The second kappa shape index (κ2) is 6.07. The molecule has 0 aromatic heterocycles. The average Bonchev–Trinajstić information content (AvgIpc) is 3.01. The van der Waals surface area contributed by atoms with Crippen molar-refractivity contribution in [3.8, 4) is 0 Å². The van der Waals surface area contributed by atoms with E-state index >= 15 is 0 Å². The maximum Gasteiger partial charge on any atom is 0.227 e. The van der Waals surface area contributed by atoms with Gasteiger partial charge in [0.1, 0.15) is 0 Å². The van der Waals surface area contributed by atoms with Crippen LogP contribution in [0.1, 0.15) is 5.56 Å². The van der Waals surface area contributed by atoms with Gasteiger partial charge in [0.25, 0.3) is 0 Å². The molecule has 0 spiro atoms. The summed E-state index contributed by atoms with van der Waals surface area (Å²) in [6, 6.07) is 7.25. The maximum atomic E-state index is 12.5. The summed E-state index contributed by atoms with van der Waals surface area (Å²) in [7, 11) is 0.672. The van der Waals surface area contributed by atoms with Crippen LogP contribution in [0.2, 0.25) is 5.02 Å². The Morgan fingerprint density at radius 2 is 2.00 bits per heavy atom. The number of hydrogen-bond acceptors (Lipinski definition) is 4. The minimum Gasteiger partial charge on any atom is -0.341 e. The summed E-state index contributed by atoms with van der Waals surface area (Å²) in [4.78, 5) is 16.2. The molecule has 3 atom stereocenters. The Balaban J connectivity index is 1.75. The van der Waals surface area contributed by atoms with Crippen LogP contribution in [-0.2, 0) is 21.1 Å². The van der Waals surface area contributed by atoms with Crippen LogP contribution in [0, 0.1) is 5.92 Å². The van der Waals surface area contributed by atoms with Gasteiger partial charge in [0.15, 0.2) is 9.84 Å². The van der Waals surface area contributed by atoms with Crippen LogP contribution in [-0.4, -0.2) is 68.4 Å². The summed E-state index contributed by atoms with van der Waals surface area (Å²) in [6.07, 6.45) is 0.214. The van der Waals surface area contributed by atoms with Gasteiger partial charge in [-0.25, -0.2) is 8.42 Å². The third-order valence-corrected chi connectivity index (χ3v) is 7.58. The molecule has 2 aliphatic rings. The van der Waals surface area contributed by atoms with Crippen LogP contribution >= 0.6 is 11.6 Å². The molecule has 126 valence electrons. The van der Waals surface area contributed by atoms with Crippen molar-refractivity contribution in [3.63, 3.8) is 0 Å². The molecule has 0 radical (unpaired) electrons. The van der Waals surface area contributed by atoms with Gasteiger partial charge >= 0.3 is 0 Å². The van der Waals surface area contributed by atoms with Gasteiger partial charge in [-0.2, -0.15) is 0 Å². The Hall–Kier alpha value is -1.11. The second-order valence-electron chi connectivity index (χ2n) is 6.63. The minimum absolute atomic E-state index is 0.00481. The van der Waals surface area contributed by atoms with Crippen molar-refractivity contribution in [3.05, 3.63) is 34.9 Å². The first-order valence-electron chi connectivity index (χ1n) is 7.69. The number of carbonyl (C=O) groups is 1. The van der Waals surface area contributed by atoms with E-state index in [0.29, 0.717) is 18.1 Å². The lowest BCUT2D eigenvalue weighted by Crippen LogP contribution is -2.39. The lowest BCUT2D eigenvalue weighted by Gasteiger charge is -2.25. The SMILES string of the molecule is CN(C)[C@@H]1CS(=O)(=O)[C@H]2CN(C(=O)Cc3ccccc3Cl)C[C@@H]12. The largest absolute Gasteiger partial charge is 0.341 e. The number of sulfone groups is 1. The Morgan fingerprint density at radius 1 is 1.30 bits per heavy atom. The predicted molar refractivity (Wildman–Crippen MR) is 90.3 cm³/mol. The van der Waals surface area contributed by atoms with Crippen molar-refractivity contribution in [2.45, 2.75) is 17.7 Å². The number of likely N-dealkylation sites (tertiary alicyclic amines) is 1. The third kappa shape index (κ3) is 3.12. The molecule has 2 fully saturated rings. The Bertz CT molecular complexity index is 720. The van der Waals surface area contributed by atoms with Gasteiger partial charge in [0.2, 0.25) is 5.91 Å². The van der Waals surface area contributed by atoms with Crippen LogP contribution < -0.4 is 0 Å². The molecule has 0 N–H and O–H groups in total. The van der Waals surface area contributed by atoms with Crippen molar-refractivity contribution in [1.29, 1.82) is 0 Å². The Morgan fingerprint density at radius 3 is 2.65 bits per heavy atom. The van der Waals surface area contributed by atoms with Crippen molar-refractivity contribution in [1.82, 2.24) is 9.80 Å². The number of carbonyl (C=O) groups excluding carboxylic acids is 1. The molecule has 2 heterocycles. The minimum atomic E-state index is -3.13. The van der Waals surface area contributed by atoms with E-state index in [0.717, 1.165) is 5.56 Å². The number of rotatable bonds is 3. The molecule has 0 aliphatic carbocycles. The van der Waals surface area contributed by atoms with E-state index < -0.39 is 15.1 Å². The van der Waals surface area contributed by atoms with Crippen molar-refractivity contribution < 1.29 is 13.2 Å². The first kappa shape index (κ1) is 16.7. The van der Waals surface area contributed by atoms with Gasteiger partial charge in [0.05, 0.1) is 17.4 Å². The molecule has 0 bridgehead atoms. The molecule has 5 nitrogen and oxygen atoms in total. The van der Waals surface area contributed by atoms with E-state index in [4.69, 9.17) is 11.6 Å². The normalized spacial score (nSPS) is 29.0. The molecule has 0 saturated carbocycles. The highest BCUT2D eigenvalue weighted by atomic mass is 35.5. The molecule has 2 aliphatic heterocycles. The molecule has 1 aromatic carbocycles. The lowest BCUT2D eigenvalue weighted by atomic mass is 10.00. The highest BCUT2D eigenvalue weighted by Gasteiger charge is 2.53. The van der Waals surface area contributed by atoms with Gasteiger partial charge in [-0.1, -0.05) is 29.8 Å². The van der Waals surface area contributed by atoms with E-state index in [1.165, 1.54) is 0 Å². The summed E-state index contributed by atoms with van der Waals surface area (Å²) in [5, 5.41) is 0.143. The van der Waals surface area contributed by atoms with Crippen LogP contribution in [0.3, 0.4) is 0 Å². The van der Waals surface area contributed by atoms with Gasteiger partial charge < -0.3 is 9.80 Å². The van der Waals surface area contributed by atoms with Crippen molar-refractivity contribution in [2.24, 2.45) is 5.92 Å². The molecule has 0 unspecified atom stereocenters. The predicted octanol–water partition coefficient (Wildman–Crippen LogP) is 1.07. The molecule has 7 heteroatoms. The Kier molecular flexibility index (Phi) is 4.42. The highest BCUT2D eigenvalue weighted by molar-refractivity contribution is 7.92. The summed E-state index contributed by atoms with van der Waals surface area (Å²) in [5.41, 5.74) is 0.781. The monoisotopic (exact) mass is 356 g/mol. The molecule has 23 heavy (non-hydrogen) atoms. The van der Waals surface area contributed by atoms with Crippen LogP contribution in [0.15, 0.2) is 24.3 Å². The zero-order valence-electron chi connectivity index (χ0n) is 13.3. The molecule has 1 amide bonds. The fourth-order valence-electron chi connectivity index (χ4n) is 3.69. The fourth-order valence-corrected chi connectivity index (χ4v) is 6.36. The lowest BCUT2D eigenvalue weighted by molar-refractivity contribution is -0.129. The van der Waals surface area contributed by atoms with Gasteiger partial charge in [0, 0.05) is 30.1 Å². The summed E-state index contributed by atoms with van der Waals surface area (Å²) in [5.74, 6) is 0.146. The molecule has 1 aromatic rings. The highest BCUT2D eigenvalue weighted by Crippen LogP contribution is 2.36. The van der Waals surface area contributed by atoms with Crippen molar-refractivity contribution in [2.75, 3.05) is 32.9 Å². The van der Waals surface area contributed by atoms with Gasteiger partial charge in [-0.05, 0) is 25.7 Å². The van der Waals surface area contributed by atoms with E-state index in [1.54, 1.807) is 11.0 Å². The first-order chi connectivity index (χ1) is 10.8. The zero-order valence-corrected chi connectivity index (χ0v) is 14.8. The number of amides is 1. The number of nitrogens with zero attached hydrogens (tertiary/aromatic N) is 2. The average molecular weight is 357 g/mol. The van der Waals surface area contributed by atoms with E-state index in [1.807, 2.05) is 37.2 Å². The number of halogens is 1. The summed E-state index contributed by atoms with van der Waals surface area (Å²) >= 11 is 6.11. The van der Waals surface area contributed by atoms with Crippen molar-refractivity contribution >= 4 is 27.3 Å². The van der Waals surface area contributed by atoms with Gasteiger partial charge in [-0.3, -0.25) is 4.79 Å². The molecule has 3 rings (SSSR count). The van der Waals surface area contributed by atoms with Gasteiger partial charge in [-0.15, -0.1) is 0 Å². The first-order valence-corrected chi connectivity index (χ1v) is 9.78. The molecular weight excluding hydrogens is 336 g/mol. The van der Waals surface area contributed by atoms with Crippen LogP contribution in [0.25, 0.3) is 0 Å². The quantitative estimate of drug-likeness (QED) is 0.813. The zero-order chi connectivity index (χ0) is 16.8. The standard InChI is InChI=1S/C16H21ClN2O3S/c1-18(2)14-10-23(21,22)15-9-19(8-12(14)15)16(20)7-11-5-3-4-6-13(11)17/h3-6,12,14-15H,7-10H2,1-2H3/t12-,14+,15-/m0/s1. The van der Waals surface area contributed by atoms with E-state index in [-0.39, 0.29) is 30.0 Å². The fraction of sp³-hybridized carbons (Fsp3) is 0.562. The Labute approximate surface area is 142 Å². The second-order valence-corrected chi connectivity index (χ2v) is 9.30. The third-order valence-electron chi connectivity index (χ3n) is 4.98. The molecule has 2 saturated heterocycles. The maximum absolute atomic E-state index is 12.5. The van der Waals surface area contributed by atoms with E-state index in [9.17, 15) is 13.2 Å². The van der Waals surface area contributed by atoms with Crippen LogP contribution in [0.4, 0.5) is 0 Å². The summed E-state index contributed by atoms with van der Waals surface area (Å²) < 4.78 is 24.7. The smallest absolute Gasteiger partial charge is 0.227 e. The van der Waals surface area contributed by atoms with E-state index in [2.05, 4.69) is 0 Å². The van der Waals surface area contributed by atoms with Crippen LogP contribution in [0.5, 0.6) is 0 Å². The number of hydrogen-bond donors (Lipinski definition) is 0. The number of fused-ring (bicyclic) bond motifs is 1. The summed E-state index contributed by atoms with van der Waals surface area (Å²) in [6.45, 7) is 0.816.